The van der Waals surface area contributed by atoms with Crippen molar-refractivity contribution < 1.29 is 14.3 Å². The number of carbonyl (C=O) groups is 2. The van der Waals surface area contributed by atoms with Gasteiger partial charge in [-0.3, -0.25) is 4.79 Å². The molecule has 0 radical (unpaired) electrons. The van der Waals surface area contributed by atoms with Gasteiger partial charge in [-0.2, -0.15) is 0 Å². The predicted molar refractivity (Wildman–Crippen MR) is 115 cm³/mol. The number of ether oxygens (including phenoxy) is 1. The molecule has 4 rings (SSSR count). The summed E-state index contributed by atoms with van der Waals surface area (Å²) in [5.74, 6) is -0.157. The van der Waals surface area contributed by atoms with E-state index in [4.69, 9.17) is 4.74 Å². The van der Waals surface area contributed by atoms with Gasteiger partial charge in [0.25, 0.3) is 5.91 Å². The molecule has 9 heteroatoms. The molecule has 1 aromatic carbocycles. The molecule has 2 atom stereocenters. The summed E-state index contributed by atoms with van der Waals surface area (Å²) in [6.07, 6.45) is 4.03. The Morgan fingerprint density at radius 1 is 1.20 bits per heavy atom. The van der Waals surface area contributed by atoms with Crippen LogP contribution in [0.5, 0.6) is 0 Å². The number of aromatic nitrogens is 2. The minimum absolute atomic E-state index is 0.0583. The first-order valence-electron chi connectivity index (χ1n) is 10.4. The molecule has 8 nitrogen and oxygen atoms in total. The molecule has 3 amide bonds. The number of nitrogens with one attached hydrogen (secondary N) is 2. The van der Waals surface area contributed by atoms with Crippen molar-refractivity contribution in [2.24, 2.45) is 0 Å². The molecule has 2 fully saturated rings. The fraction of sp³-hybridized carbons (Fsp3) is 0.524. The molecule has 2 aliphatic heterocycles. The van der Waals surface area contributed by atoms with Crippen molar-refractivity contribution in [2.45, 2.75) is 44.6 Å². The molecule has 30 heavy (non-hydrogen) atoms. The van der Waals surface area contributed by atoms with E-state index < -0.39 is 0 Å². The summed E-state index contributed by atoms with van der Waals surface area (Å²) in [5.41, 5.74) is 1.86. The average Bonchev–Trinajstić information content (AvgIpc) is 3.46. The van der Waals surface area contributed by atoms with Gasteiger partial charge in [-0.1, -0.05) is 29.0 Å². The number of anilines is 1. The number of benzene rings is 1. The summed E-state index contributed by atoms with van der Waals surface area (Å²) in [5, 5.41) is 15.3. The zero-order valence-electron chi connectivity index (χ0n) is 17.1. The normalized spacial score (nSPS) is 21.4. The second-order valence-electron chi connectivity index (χ2n) is 7.87. The summed E-state index contributed by atoms with van der Waals surface area (Å²) in [6, 6.07) is 7.56. The summed E-state index contributed by atoms with van der Waals surface area (Å²) >= 11 is 1.30. The summed E-state index contributed by atoms with van der Waals surface area (Å²) in [4.78, 5) is 26.9. The molecule has 0 bridgehead atoms. The van der Waals surface area contributed by atoms with Gasteiger partial charge in [0.2, 0.25) is 5.01 Å². The third-order valence-electron chi connectivity index (χ3n) is 5.51. The largest absolute Gasteiger partial charge is 0.376 e. The van der Waals surface area contributed by atoms with Gasteiger partial charge in [-0.05, 0) is 44.7 Å². The van der Waals surface area contributed by atoms with Crippen molar-refractivity contribution in [3.05, 3.63) is 39.8 Å². The third-order valence-corrected chi connectivity index (χ3v) is 6.59. The lowest BCUT2D eigenvalue weighted by molar-refractivity contribution is 0.102. The van der Waals surface area contributed by atoms with E-state index in [1.54, 1.807) is 0 Å². The molecule has 0 spiro atoms. The van der Waals surface area contributed by atoms with Gasteiger partial charge in [-0.25, -0.2) is 4.79 Å². The van der Waals surface area contributed by atoms with E-state index in [0.717, 1.165) is 55.1 Å². The van der Waals surface area contributed by atoms with Gasteiger partial charge in [0.15, 0.2) is 0 Å². The maximum absolute atomic E-state index is 12.5. The minimum Gasteiger partial charge on any atom is -0.376 e. The molecule has 2 unspecified atom stereocenters. The quantitative estimate of drug-likeness (QED) is 0.761. The molecule has 2 saturated heterocycles. The first kappa shape index (κ1) is 20.7. The Labute approximate surface area is 180 Å². The van der Waals surface area contributed by atoms with Crippen LogP contribution in [0.2, 0.25) is 0 Å². The van der Waals surface area contributed by atoms with Crippen LogP contribution in [0.15, 0.2) is 24.3 Å². The van der Waals surface area contributed by atoms with Crippen LogP contribution < -0.4 is 10.6 Å². The highest BCUT2D eigenvalue weighted by Crippen LogP contribution is 2.29. The van der Waals surface area contributed by atoms with Crippen molar-refractivity contribution in [3.8, 4) is 0 Å². The van der Waals surface area contributed by atoms with Crippen LogP contribution in [0.4, 0.5) is 10.5 Å². The lowest BCUT2D eigenvalue weighted by atomic mass is 9.99. The van der Waals surface area contributed by atoms with Crippen molar-refractivity contribution in [1.29, 1.82) is 0 Å². The Morgan fingerprint density at radius 3 is 2.80 bits per heavy atom. The Hall–Kier alpha value is -2.52. The fourth-order valence-electron chi connectivity index (χ4n) is 3.79. The van der Waals surface area contributed by atoms with E-state index >= 15 is 0 Å². The zero-order valence-corrected chi connectivity index (χ0v) is 17.9. The van der Waals surface area contributed by atoms with E-state index in [-0.39, 0.29) is 24.0 Å². The van der Waals surface area contributed by atoms with Crippen LogP contribution in [0, 0.1) is 6.92 Å². The average molecular weight is 430 g/mol. The highest BCUT2D eigenvalue weighted by molar-refractivity contribution is 7.13. The number of nitrogens with zero attached hydrogens (tertiary/aromatic N) is 3. The van der Waals surface area contributed by atoms with E-state index in [0.29, 0.717) is 18.1 Å². The number of rotatable bonds is 5. The number of carbonyl (C=O) groups excluding carboxylic acids is 2. The molecule has 3 heterocycles. The molecular formula is C21H27N5O3S. The summed E-state index contributed by atoms with van der Waals surface area (Å²) in [6.45, 7) is 4.66. The second-order valence-corrected chi connectivity index (χ2v) is 8.88. The number of hydrogen-bond acceptors (Lipinski definition) is 6. The van der Waals surface area contributed by atoms with E-state index in [2.05, 4.69) is 20.8 Å². The van der Waals surface area contributed by atoms with Crippen LogP contribution in [0.1, 0.15) is 52.0 Å². The number of piperidine rings is 1. The highest BCUT2D eigenvalue weighted by atomic mass is 32.1. The molecule has 2 aliphatic rings. The molecular weight excluding hydrogens is 402 g/mol. The Bertz CT molecular complexity index is 879. The van der Waals surface area contributed by atoms with E-state index in [1.807, 2.05) is 36.1 Å². The number of urea groups is 1. The van der Waals surface area contributed by atoms with Crippen molar-refractivity contribution in [2.75, 3.05) is 31.6 Å². The summed E-state index contributed by atoms with van der Waals surface area (Å²) in [7, 11) is 0. The molecule has 0 saturated carbocycles. The lowest BCUT2D eigenvalue weighted by Gasteiger charge is -2.31. The fourth-order valence-corrected chi connectivity index (χ4v) is 4.66. The second kappa shape index (κ2) is 9.53. The Morgan fingerprint density at radius 2 is 2.03 bits per heavy atom. The Kier molecular flexibility index (Phi) is 6.59. The van der Waals surface area contributed by atoms with Crippen LogP contribution in [-0.2, 0) is 4.74 Å². The van der Waals surface area contributed by atoms with Crippen molar-refractivity contribution in [3.63, 3.8) is 0 Å². The first-order valence-corrected chi connectivity index (χ1v) is 11.3. The van der Waals surface area contributed by atoms with Gasteiger partial charge >= 0.3 is 6.03 Å². The monoisotopic (exact) mass is 429 g/mol. The van der Waals surface area contributed by atoms with Crippen LogP contribution >= 0.6 is 11.3 Å². The van der Waals surface area contributed by atoms with Crippen molar-refractivity contribution in [1.82, 2.24) is 20.4 Å². The Balaban J connectivity index is 1.32. The van der Waals surface area contributed by atoms with Crippen molar-refractivity contribution >= 4 is 29.0 Å². The molecule has 0 aliphatic carbocycles. The lowest BCUT2D eigenvalue weighted by Crippen LogP contribution is -2.46. The molecule has 2 aromatic rings. The van der Waals surface area contributed by atoms with Gasteiger partial charge in [0, 0.05) is 37.8 Å². The van der Waals surface area contributed by atoms with Gasteiger partial charge < -0.3 is 20.3 Å². The standard InChI is InChI=1S/C21H27N5O3S/c1-14-6-8-16(9-7-14)23-18(27)20-25-24-19(30-20)15-4-2-10-26(13-15)21(28)22-12-17-5-3-11-29-17/h6-9,15,17H,2-5,10-13H2,1H3,(H,22,28)(H,23,27). The number of hydrogen-bond donors (Lipinski definition) is 2. The van der Waals surface area contributed by atoms with E-state index in [1.165, 1.54) is 11.3 Å². The van der Waals surface area contributed by atoms with Crippen LogP contribution in [0.3, 0.4) is 0 Å². The number of likely N-dealkylation sites (tertiary alicyclic amines) is 1. The van der Waals surface area contributed by atoms with Crippen LogP contribution in [-0.4, -0.2) is 59.4 Å². The van der Waals surface area contributed by atoms with E-state index in [9.17, 15) is 9.59 Å². The predicted octanol–water partition coefficient (Wildman–Crippen LogP) is 3.17. The topological polar surface area (TPSA) is 96.5 Å². The molecule has 160 valence electrons. The SMILES string of the molecule is Cc1ccc(NC(=O)c2nnc(C3CCCN(C(=O)NCC4CCCO4)C3)s2)cc1. The maximum atomic E-state index is 12.5. The summed E-state index contributed by atoms with van der Waals surface area (Å²) < 4.78 is 5.57. The molecule has 1 aromatic heterocycles. The number of amides is 3. The van der Waals surface area contributed by atoms with Gasteiger partial charge in [-0.15, -0.1) is 10.2 Å². The van der Waals surface area contributed by atoms with Gasteiger partial charge in [0.1, 0.15) is 5.01 Å². The van der Waals surface area contributed by atoms with Crippen LogP contribution in [0.25, 0.3) is 0 Å². The zero-order chi connectivity index (χ0) is 20.9. The minimum atomic E-state index is -0.260. The smallest absolute Gasteiger partial charge is 0.317 e. The maximum Gasteiger partial charge on any atom is 0.317 e. The third kappa shape index (κ3) is 5.14. The number of aryl methyl sites for hydroxylation is 1. The van der Waals surface area contributed by atoms with Gasteiger partial charge in [0.05, 0.1) is 6.10 Å². The first-order chi connectivity index (χ1) is 14.6. The highest BCUT2D eigenvalue weighted by Gasteiger charge is 2.28. The molecule has 2 N–H and O–H groups in total.